The van der Waals surface area contributed by atoms with Crippen LogP contribution in [0.5, 0.6) is 0 Å². The summed E-state index contributed by atoms with van der Waals surface area (Å²) < 4.78 is 2.07. The first-order valence-corrected chi connectivity index (χ1v) is 2.56. The van der Waals surface area contributed by atoms with Crippen LogP contribution in [0, 0.1) is 0 Å². The molecule has 2 heteroatoms. The molecule has 0 fully saturated rings. The molecular weight excluding hydrogens is 88.1 g/mol. The zero-order valence-electron chi connectivity index (χ0n) is 4.46. The van der Waals surface area contributed by atoms with Gasteiger partial charge in [-0.25, -0.2) is 4.58 Å². The van der Waals surface area contributed by atoms with Crippen LogP contribution in [0.2, 0.25) is 0 Å². The Morgan fingerprint density at radius 3 is 2.57 bits per heavy atom. The largest absolute Gasteiger partial charge is 0.240 e. The summed E-state index contributed by atoms with van der Waals surface area (Å²) in [7, 11) is 0. The molecule has 1 heterocycles. The number of hydrogen-bond donors (Lipinski definition) is 0. The molecule has 7 heavy (non-hydrogen) atoms. The van der Waals surface area contributed by atoms with Gasteiger partial charge in [-0.2, -0.15) is 0 Å². The third kappa shape index (κ3) is 0.856. The van der Waals surface area contributed by atoms with Crippen molar-refractivity contribution in [1.82, 2.24) is 0 Å². The molecule has 0 radical (unpaired) electrons. The number of nitrogens with zero attached hydrogens (tertiary/aromatic N) is 2. The maximum Gasteiger partial charge on any atom is 0.228 e. The molecule has 2 nitrogen and oxygen atoms in total. The minimum atomic E-state index is 1.11. The van der Waals surface area contributed by atoms with Crippen molar-refractivity contribution < 1.29 is 4.58 Å². The Labute approximate surface area is 43.2 Å². The first-order chi connectivity index (χ1) is 3.43. The van der Waals surface area contributed by atoms with Crippen molar-refractivity contribution in [1.29, 1.82) is 0 Å². The summed E-state index contributed by atoms with van der Waals surface area (Å²) >= 11 is 0. The van der Waals surface area contributed by atoms with Crippen LogP contribution in [0.3, 0.4) is 0 Å². The lowest BCUT2D eigenvalue weighted by atomic mass is 10.5. The van der Waals surface area contributed by atoms with E-state index < -0.39 is 0 Å². The van der Waals surface area contributed by atoms with Crippen LogP contribution < -0.4 is 0 Å². The summed E-state index contributed by atoms with van der Waals surface area (Å²) in [4.78, 5) is 3.79. The average Bonchev–Trinajstić information content (AvgIpc) is 1.55. The fraction of sp³-hybridized carbons (Fsp3) is 0.600. The molecule has 0 amide bonds. The molecule has 0 saturated carbocycles. The highest BCUT2D eigenvalue weighted by atomic mass is 15.2. The van der Waals surface area contributed by atoms with E-state index >= 15 is 0 Å². The molecule has 0 aromatic heterocycles. The van der Waals surface area contributed by atoms with Gasteiger partial charge in [0.1, 0.15) is 0 Å². The second-order valence-corrected chi connectivity index (χ2v) is 1.62. The Morgan fingerprint density at radius 1 is 1.71 bits per heavy atom. The van der Waals surface area contributed by atoms with Crippen molar-refractivity contribution in [2.75, 3.05) is 6.54 Å². The smallest absolute Gasteiger partial charge is 0.228 e. The molecule has 0 saturated heterocycles. The standard InChI is InChI=1S/C5H9N2/c1-2-3-7-4-6-5-7/h4-5H,2-3H2,1H3/q+1. The van der Waals surface area contributed by atoms with E-state index in [0.29, 0.717) is 0 Å². The van der Waals surface area contributed by atoms with Crippen LogP contribution in [-0.2, 0) is 0 Å². The van der Waals surface area contributed by atoms with E-state index in [1.807, 2.05) is 12.7 Å². The zero-order valence-corrected chi connectivity index (χ0v) is 4.46. The lowest BCUT2D eigenvalue weighted by Gasteiger charge is -1.98. The summed E-state index contributed by atoms with van der Waals surface area (Å²) in [6.45, 7) is 3.27. The molecule has 1 aliphatic heterocycles. The Balaban J connectivity index is 2.17. The molecule has 0 aliphatic carbocycles. The van der Waals surface area contributed by atoms with Gasteiger partial charge in [0, 0.05) is 0 Å². The lowest BCUT2D eigenvalue weighted by molar-refractivity contribution is -0.404. The summed E-state index contributed by atoms with van der Waals surface area (Å²) in [6.07, 6.45) is 4.87. The topological polar surface area (TPSA) is 15.4 Å². The molecule has 0 unspecified atom stereocenters. The highest BCUT2D eigenvalue weighted by Crippen LogP contribution is 1.81. The molecular formula is C5H9N2+. The maximum absolute atomic E-state index is 3.79. The number of aliphatic imine (C=N–C) groups is 1. The summed E-state index contributed by atoms with van der Waals surface area (Å²) in [6, 6.07) is 0. The third-order valence-corrected chi connectivity index (χ3v) is 0.912. The maximum atomic E-state index is 3.79. The van der Waals surface area contributed by atoms with Crippen LogP contribution in [0.25, 0.3) is 0 Å². The Hall–Kier alpha value is -0.660. The van der Waals surface area contributed by atoms with Crippen molar-refractivity contribution in [3.63, 3.8) is 0 Å². The van der Waals surface area contributed by atoms with Gasteiger partial charge < -0.3 is 0 Å². The monoisotopic (exact) mass is 97.1 g/mol. The van der Waals surface area contributed by atoms with E-state index in [9.17, 15) is 0 Å². The fourth-order valence-corrected chi connectivity index (χ4v) is 0.535. The fourth-order valence-electron chi connectivity index (χ4n) is 0.535. The van der Waals surface area contributed by atoms with Crippen molar-refractivity contribution in [3.8, 4) is 0 Å². The summed E-state index contributed by atoms with van der Waals surface area (Å²) in [5, 5.41) is 0. The van der Waals surface area contributed by atoms with E-state index in [2.05, 4.69) is 16.5 Å². The van der Waals surface area contributed by atoms with Crippen molar-refractivity contribution >= 4 is 12.7 Å². The predicted octanol–water partition coefficient (Wildman–Crippen LogP) is 0.479. The molecule has 1 rings (SSSR count). The molecule has 1 aliphatic rings. The predicted molar refractivity (Wildman–Crippen MR) is 30.0 cm³/mol. The quantitative estimate of drug-likeness (QED) is 0.445. The van der Waals surface area contributed by atoms with Gasteiger partial charge in [-0.15, -0.1) is 0 Å². The van der Waals surface area contributed by atoms with Crippen LogP contribution in [-0.4, -0.2) is 23.8 Å². The molecule has 0 aromatic rings. The van der Waals surface area contributed by atoms with Crippen molar-refractivity contribution in [2.24, 2.45) is 4.99 Å². The minimum absolute atomic E-state index is 1.11. The van der Waals surface area contributed by atoms with Gasteiger partial charge >= 0.3 is 0 Å². The minimum Gasteiger partial charge on any atom is -0.240 e. The molecule has 0 bridgehead atoms. The normalized spacial score (nSPS) is 15.9. The van der Waals surface area contributed by atoms with Gasteiger partial charge in [-0.1, -0.05) is 11.9 Å². The SMILES string of the molecule is CCC[N+]1=CN=C1. The summed E-state index contributed by atoms with van der Waals surface area (Å²) in [5.41, 5.74) is 0. The van der Waals surface area contributed by atoms with Gasteiger partial charge in [0.2, 0.25) is 12.7 Å². The summed E-state index contributed by atoms with van der Waals surface area (Å²) in [5.74, 6) is 0. The number of rotatable bonds is 2. The molecule has 0 aromatic carbocycles. The van der Waals surface area contributed by atoms with Gasteiger partial charge in [0.25, 0.3) is 0 Å². The van der Waals surface area contributed by atoms with Gasteiger partial charge in [-0.3, -0.25) is 0 Å². The van der Waals surface area contributed by atoms with E-state index in [-0.39, 0.29) is 0 Å². The second-order valence-electron chi connectivity index (χ2n) is 1.62. The Morgan fingerprint density at radius 2 is 2.43 bits per heavy atom. The molecule has 0 N–H and O–H groups in total. The highest BCUT2D eigenvalue weighted by molar-refractivity contribution is 5.74. The van der Waals surface area contributed by atoms with Crippen LogP contribution >= 0.6 is 0 Å². The van der Waals surface area contributed by atoms with E-state index in [4.69, 9.17) is 0 Å². The van der Waals surface area contributed by atoms with Crippen LogP contribution in [0.1, 0.15) is 13.3 Å². The van der Waals surface area contributed by atoms with Crippen molar-refractivity contribution in [2.45, 2.75) is 13.3 Å². The third-order valence-electron chi connectivity index (χ3n) is 0.912. The number of hydrogen-bond acceptors (Lipinski definition) is 1. The first-order valence-electron chi connectivity index (χ1n) is 2.56. The van der Waals surface area contributed by atoms with Crippen LogP contribution in [0.4, 0.5) is 0 Å². The van der Waals surface area contributed by atoms with Gasteiger partial charge in [0.15, 0.2) is 0 Å². The molecule has 38 valence electrons. The lowest BCUT2D eigenvalue weighted by Crippen LogP contribution is -2.18. The Kier molecular flexibility index (Phi) is 1.20. The van der Waals surface area contributed by atoms with Gasteiger partial charge in [-0.05, 0) is 6.42 Å². The van der Waals surface area contributed by atoms with Crippen molar-refractivity contribution in [3.05, 3.63) is 0 Å². The second kappa shape index (κ2) is 1.87. The van der Waals surface area contributed by atoms with E-state index in [1.165, 1.54) is 6.42 Å². The highest BCUT2D eigenvalue weighted by Gasteiger charge is 1.98. The van der Waals surface area contributed by atoms with E-state index in [0.717, 1.165) is 6.54 Å². The molecule has 0 atom stereocenters. The molecule has 0 spiro atoms. The average molecular weight is 97.1 g/mol. The van der Waals surface area contributed by atoms with Crippen LogP contribution in [0.15, 0.2) is 4.99 Å². The first kappa shape index (κ1) is 4.50. The zero-order chi connectivity index (χ0) is 5.11. The van der Waals surface area contributed by atoms with Gasteiger partial charge in [0.05, 0.1) is 6.54 Å². The van der Waals surface area contributed by atoms with E-state index in [1.54, 1.807) is 0 Å². The Bertz CT molecular complexity index is 113.